The standard InChI is InChI=1S/C15H32N4O/c1-16-15(17-9-5-3-8-14-20-2)18-10-13-19-11-6-4-7-12-19/h3-14H2,1-2H3,(H2,16,17,18). The molecule has 1 rings (SSSR count). The van der Waals surface area contributed by atoms with E-state index in [2.05, 4.69) is 20.5 Å². The SMILES string of the molecule is CN=C(NCCCCCOC)NCCN1CCCCC1. The maximum Gasteiger partial charge on any atom is 0.191 e. The summed E-state index contributed by atoms with van der Waals surface area (Å²) in [6.07, 6.45) is 7.61. The predicted molar refractivity (Wildman–Crippen MR) is 85.4 cm³/mol. The van der Waals surface area contributed by atoms with Crippen LogP contribution < -0.4 is 10.6 Å². The Balaban J connectivity index is 1.98. The van der Waals surface area contributed by atoms with Crippen LogP contribution in [0.2, 0.25) is 0 Å². The summed E-state index contributed by atoms with van der Waals surface area (Å²) < 4.78 is 5.04. The Labute approximate surface area is 124 Å². The Morgan fingerprint density at radius 3 is 2.50 bits per heavy atom. The van der Waals surface area contributed by atoms with Crippen LogP contribution in [0.25, 0.3) is 0 Å². The van der Waals surface area contributed by atoms with Crippen molar-refractivity contribution in [2.24, 2.45) is 4.99 Å². The minimum atomic E-state index is 0.864. The number of aliphatic imine (C=N–C) groups is 1. The van der Waals surface area contributed by atoms with Crippen LogP contribution in [0.4, 0.5) is 0 Å². The van der Waals surface area contributed by atoms with Crippen LogP contribution >= 0.6 is 0 Å². The van der Waals surface area contributed by atoms with E-state index in [1.165, 1.54) is 38.8 Å². The van der Waals surface area contributed by atoms with Crippen molar-refractivity contribution in [3.05, 3.63) is 0 Å². The highest BCUT2D eigenvalue weighted by molar-refractivity contribution is 5.79. The van der Waals surface area contributed by atoms with Gasteiger partial charge in [0.15, 0.2) is 5.96 Å². The molecule has 5 heteroatoms. The maximum atomic E-state index is 5.04. The first-order chi connectivity index (χ1) is 9.86. The van der Waals surface area contributed by atoms with Gasteiger partial charge in [-0.1, -0.05) is 6.42 Å². The third-order valence-corrected chi connectivity index (χ3v) is 3.71. The van der Waals surface area contributed by atoms with E-state index in [1.807, 2.05) is 7.05 Å². The van der Waals surface area contributed by atoms with Crippen molar-refractivity contribution < 1.29 is 4.74 Å². The molecule has 20 heavy (non-hydrogen) atoms. The van der Waals surface area contributed by atoms with Gasteiger partial charge >= 0.3 is 0 Å². The number of likely N-dealkylation sites (tertiary alicyclic amines) is 1. The lowest BCUT2D eigenvalue weighted by molar-refractivity contribution is 0.192. The lowest BCUT2D eigenvalue weighted by Gasteiger charge is -2.26. The van der Waals surface area contributed by atoms with E-state index >= 15 is 0 Å². The van der Waals surface area contributed by atoms with Gasteiger partial charge in [-0.3, -0.25) is 4.99 Å². The number of guanidine groups is 1. The molecule has 0 bridgehead atoms. The number of unbranched alkanes of at least 4 members (excludes halogenated alkanes) is 2. The van der Waals surface area contributed by atoms with Gasteiger partial charge in [-0.25, -0.2) is 0 Å². The molecule has 0 aromatic carbocycles. The molecule has 0 amide bonds. The van der Waals surface area contributed by atoms with Gasteiger partial charge in [-0.05, 0) is 45.2 Å². The number of hydrogen-bond donors (Lipinski definition) is 2. The van der Waals surface area contributed by atoms with Gasteiger partial charge in [0.25, 0.3) is 0 Å². The summed E-state index contributed by atoms with van der Waals surface area (Å²) in [6, 6.07) is 0. The summed E-state index contributed by atoms with van der Waals surface area (Å²) in [5.74, 6) is 0.925. The van der Waals surface area contributed by atoms with Gasteiger partial charge in [0.05, 0.1) is 0 Å². The molecule has 118 valence electrons. The highest BCUT2D eigenvalue weighted by Crippen LogP contribution is 2.07. The van der Waals surface area contributed by atoms with E-state index in [4.69, 9.17) is 4.74 Å². The average Bonchev–Trinajstić information content (AvgIpc) is 2.50. The van der Waals surface area contributed by atoms with Crippen molar-refractivity contribution in [1.29, 1.82) is 0 Å². The lowest BCUT2D eigenvalue weighted by Crippen LogP contribution is -2.42. The molecule has 0 spiro atoms. The molecule has 0 radical (unpaired) electrons. The van der Waals surface area contributed by atoms with Gasteiger partial charge in [0, 0.05) is 40.4 Å². The largest absolute Gasteiger partial charge is 0.385 e. The van der Waals surface area contributed by atoms with Crippen molar-refractivity contribution in [3.8, 4) is 0 Å². The number of piperidine rings is 1. The van der Waals surface area contributed by atoms with E-state index in [-0.39, 0.29) is 0 Å². The van der Waals surface area contributed by atoms with Gasteiger partial charge < -0.3 is 20.3 Å². The summed E-state index contributed by atoms with van der Waals surface area (Å²) in [7, 11) is 3.59. The van der Waals surface area contributed by atoms with E-state index < -0.39 is 0 Å². The minimum Gasteiger partial charge on any atom is -0.385 e. The van der Waals surface area contributed by atoms with Gasteiger partial charge in [0.2, 0.25) is 0 Å². The quantitative estimate of drug-likeness (QED) is 0.382. The molecule has 1 aliphatic heterocycles. The van der Waals surface area contributed by atoms with Crippen LogP contribution in [0.3, 0.4) is 0 Å². The summed E-state index contributed by atoms with van der Waals surface area (Å²) in [4.78, 5) is 6.79. The monoisotopic (exact) mass is 284 g/mol. The Bertz CT molecular complexity index is 252. The third-order valence-electron chi connectivity index (χ3n) is 3.71. The smallest absolute Gasteiger partial charge is 0.191 e. The van der Waals surface area contributed by atoms with Crippen LogP contribution in [0, 0.1) is 0 Å². The topological polar surface area (TPSA) is 48.9 Å². The van der Waals surface area contributed by atoms with Crippen molar-refractivity contribution in [3.63, 3.8) is 0 Å². The van der Waals surface area contributed by atoms with Crippen LogP contribution in [0.15, 0.2) is 4.99 Å². The van der Waals surface area contributed by atoms with Crippen molar-refractivity contribution in [2.75, 3.05) is 53.5 Å². The molecule has 0 atom stereocenters. The number of methoxy groups -OCH3 is 1. The van der Waals surface area contributed by atoms with Crippen LogP contribution in [0.5, 0.6) is 0 Å². The normalized spacial score (nSPS) is 17.2. The molecule has 1 fully saturated rings. The molecular formula is C15H32N4O. The van der Waals surface area contributed by atoms with E-state index in [9.17, 15) is 0 Å². The zero-order valence-electron chi connectivity index (χ0n) is 13.3. The maximum absolute atomic E-state index is 5.04. The highest BCUT2D eigenvalue weighted by Gasteiger charge is 2.09. The Hall–Kier alpha value is -0.810. The Kier molecular flexibility index (Phi) is 10.3. The van der Waals surface area contributed by atoms with Crippen molar-refractivity contribution >= 4 is 5.96 Å². The number of nitrogens with one attached hydrogen (secondary N) is 2. The summed E-state index contributed by atoms with van der Waals surface area (Å²) in [5.41, 5.74) is 0. The van der Waals surface area contributed by atoms with Crippen molar-refractivity contribution in [2.45, 2.75) is 38.5 Å². The fourth-order valence-electron chi connectivity index (χ4n) is 2.49. The van der Waals surface area contributed by atoms with E-state index in [0.29, 0.717) is 0 Å². The molecule has 1 heterocycles. The molecule has 0 unspecified atom stereocenters. The van der Waals surface area contributed by atoms with Crippen LogP contribution in [0.1, 0.15) is 38.5 Å². The number of nitrogens with zero attached hydrogens (tertiary/aromatic N) is 2. The van der Waals surface area contributed by atoms with Crippen molar-refractivity contribution in [1.82, 2.24) is 15.5 Å². The summed E-state index contributed by atoms with van der Waals surface area (Å²) in [6.45, 7) is 6.45. The van der Waals surface area contributed by atoms with E-state index in [0.717, 1.165) is 45.0 Å². The second kappa shape index (κ2) is 12.0. The average molecular weight is 284 g/mol. The third kappa shape index (κ3) is 8.38. The van der Waals surface area contributed by atoms with Gasteiger partial charge in [0.1, 0.15) is 0 Å². The molecule has 5 nitrogen and oxygen atoms in total. The molecular weight excluding hydrogens is 252 g/mol. The van der Waals surface area contributed by atoms with Crippen LogP contribution in [-0.4, -0.2) is 64.3 Å². The predicted octanol–water partition coefficient (Wildman–Crippen LogP) is 1.45. The lowest BCUT2D eigenvalue weighted by atomic mass is 10.1. The van der Waals surface area contributed by atoms with Gasteiger partial charge in [-0.15, -0.1) is 0 Å². The molecule has 0 aromatic heterocycles. The molecule has 1 aliphatic rings. The second-order valence-corrected chi connectivity index (χ2v) is 5.38. The first-order valence-electron chi connectivity index (χ1n) is 8.02. The first kappa shape index (κ1) is 17.2. The fourth-order valence-corrected chi connectivity index (χ4v) is 2.49. The molecule has 0 saturated carbocycles. The number of rotatable bonds is 9. The van der Waals surface area contributed by atoms with Crippen LogP contribution in [-0.2, 0) is 4.74 Å². The number of hydrogen-bond acceptors (Lipinski definition) is 3. The zero-order chi connectivity index (χ0) is 14.5. The minimum absolute atomic E-state index is 0.864. The molecule has 0 aliphatic carbocycles. The summed E-state index contributed by atoms with van der Waals surface area (Å²) >= 11 is 0. The van der Waals surface area contributed by atoms with Gasteiger partial charge in [-0.2, -0.15) is 0 Å². The summed E-state index contributed by atoms with van der Waals surface area (Å²) in [5, 5.41) is 6.75. The second-order valence-electron chi connectivity index (χ2n) is 5.38. The highest BCUT2D eigenvalue weighted by atomic mass is 16.5. The Morgan fingerprint density at radius 1 is 1.05 bits per heavy atom. The molecule has 2 N–H and O–H groups in total. The Morgan fingerprint density at radius 2 is 1.80 bits per heavy atom. The molecule has 0 aromatic rings. The van der Waals surface area contributed by atoms with E-state index in [1.54, 1.807) is 7.11 Å². The number of ether oxygens (including phenoxy) is 1. The first-order valence-corrected chi connectivity index (χ1v) is 8.02. The zero-order valence-corrected chi connectivity index (χ0v) is 13.3. The fraction of sp³-hybridized carbons (Fsp3) is 0.933. The molecule has 1 saturated heterocycles.